The van der Waals surface area contributed by atoms with Gasteiger partial charge in [0.05, 0.1) is 7.11 Å². The molecule has 0 amide bonds. The molecule has 0 aliphatic heterocycles. The highest BCUT2D eigenvalue weighted by molar-refractivity contribution is 8.00. The second-order valence-corrected chi connectivity index (χ2v) is 6.94. The van der Waals surface area contributed by atoms with Crippen LogP contribution < -0.4 is 0 Å². The summed E-state index contributed by atoms with van der Waals surface area (Å²) in [6, 6.07) is 9.51. The van der Waals surface area contributed by atoms with Crippen molar-refractivity contribution in [3.63, 3.8) is 0 Å². The lowest BCUT2D eigenvalue weighted by molar-refractivity contribution is 0.0595. The molecule has 8 heteroatoms. The van der Waals surface area contributed by atoms with E-state index in [1.165, 1.54) is 30.6 Å². The molecule has 0 N–H and O–H groups in total. The minimum atomic E-state index is -0.586. The fourth-order valence-electron chi connectivity index (χ4n) is 1.62. The molecule has 1 aromatic carbocycles. The van der Waals surface area contributed by atoms with Gasteiger partial charge in [-0.1, -0.05) is 65.5 Å². The van der Waals surface area contributed by atoms with Gasteiger partial charge in [-0.05, 0) is 11.8 Å². The molecule has 0 spiro atoms. The Balaban J connectivity index is 2.40. The average molecular weight is 375 g/mol. The lowest BCUT2D eigenvalue weighted by atomic mass is 10.2. The van der Waals surface area contributed by atoms with Crippen LogP contribution in [0.4, 0.5) is 0 Å². The van der Waals surface area contributed by atoms with E-state index in [4.69, 9.17) is 27.9 Å². The maximum absolute atomic E-state index is 11.9. The molecular formula is C14H12Cl2N2O2S2. The number of thioether (sulfide) groups is 2. The first-order valence-corrected chi connectivity index (χ1v) is 9.04. The van der Waals surface area contributed by atoms with Crippen molar-refractivity contribution >= 4 is 52.7 Å². The Hall–Kier alpha value is -0.950. The molecule has 0 fully saturated rings. The number of benzene rings is 1. The lowest BCUT2D eigenvalue weighted by Gasteiger charge is -2.13. The number of nitrogens with zero attached hydrogens (tertiary/aromatic N) is 2. The van der Waals surface area contributed by atoms with Gasteiger partial charge >= 0.3 is 5.97 Å². The maximum Gasteiger partial charge on any atom is 0.343 e. The SMILES string of the molecule is COC(=O)c1c(Cl)nc(SC)nc1SC(Cl)c1ccccc1. The summed E-state index contributed by atoms with van der Waals surface area (Å²) in [5, 5.41) is 0.933. The van der Waals surface area contributed by atoms with Gasteiger partial charge in [-0.25, -0.2) is 14.8 Å². The van der Waals surface area contributed by atoms with Crippen molar-refractivity contribution in [2.75, 3.05) is 13.4 Å². The molecule has 2 rings (SSSR count). The molecule has 0 bridgehead atoms. The number of carbonyl (C=O) groups is 1. The van der Waals surface area contributed by atoms with Crippen LogP contribution in [0.1, 0.15) is 20.6 Å². The van der Waals surface area contributed by atoms with E-state index >= 15 is 0 Å². The Labute approximate surface area is 147 Å². The van der Waals surface area contributed by atoms with Crippen molar-refractivity contribution < 1.29 is 9.53 Å². The van der Waals surface area contributed by atoms with Gasteiger partial charge in [0.25, 0.3) is 0 Å². The molecule has 116 valence electrons. The molecule has 0 radical (unpaired) electrons. The number of hydrogen-bond donors (Lipinski definition) is 0. The Bertz CT molecular complexity index is 671. The zero-order valence-corrected chi connectivity index (χ0v) is 14.9. The van der Waals surface area contributed by atoms with Crippen LogP contribution >= 0.6 is 46.7 Å². The fourth-order valence-corrected chi connectivity index (χ4v) is 3.72. The second-order valence-electron chi connectivity index (χ2n) is 4.02. The third kappa shape index (κ3) is 4.07. The highest BCUT2D eigenvalue weighted by Gasteiger charge is 2.23. The van der Waals surface area contributed by atoms with E-state index in [0.29, 0.717) is 10.2 Å². The summed E-state index contributed by atoms with van der Waals surface area (Å²) in [5.41, 5.74) is 1.04. The van der Waals surface area contributed by atoms with Crippen LogP contribution in [0.25, 0.3) is 0 Å². The van der Waals surface area contributed by atoms with Gasteiger partial charge in [-0.3, -0.25) is 0 Å². The molecule has 2 aromatic rings. The van der Waals surface area contributed by atoms with E-state index in [1.807, 2.05) is 36.6 Å². The van der Waals surface area contributed by atoms with Crippen molar-refractivity contribution in [3.05, 3.63) is 46.6 Å². The predicted molar refractivity (Wildman–Crippen MR) is 91.1 cm³/mol. The smallest absolute Gasteiger partial charge is 0.343 e. The van der Waals surface area contributed by atoms with Crippen LogP contribution in [0, 0.1) is 0 Å². The topological polar surface area (TPSA) is 52.1 Å². The molecule has 22 heavy (non-hydrogen) atoms. The standard InChI is InChI=1S/C14H12Cl2N2O2S2/c1-20-13(19)9-10(15)17-14(21-2)18-12(9)22-11(16)8-6-4-3-5-7-8/h3-7,11H,1-2H3. The van der Waals surface area contributed by atoms with Gasteiger partial charge in [0, 0.05) is 0 Å². The first-order valence-electron chi connectivity index (χ1n) is 6.12. The number of alkyl halides is 1. The summed E-state index contributed by atoms with van der Waals surface area (Å²) in [7, 11) is 1.28. The van der Waals surface area contributed by atoms with Gasteiger partial charge in [0.2, 0.25) is 0 Å². The number of aromatic nitrogens is 2. The lowest BCUT2D eigenvalue weighted by Crippen LogP contribution is -2.08. The van der Waals surface area contributed by atoms with E-state index in [0.717, 1.165) is 5.56 Å². The minimum absolute atomic E-state index is 0.0608. The molecule has 0 aliphatic rings. The number of methoxy groups -OCH3 is 1. The van der Waals surface area contributed by atoms with Crippen LogP contribution in [0.15, 0.2) is 40.5 Å². The highest BCUT2D eigenvalue weighted by atomic mass is 35.5. The summed E-state index contributed by atoms with van der Waals surface area (Å²) in [6.07, 6.45) is 1.83. The summed E-state index contributed by atoms with van der Waals surface area (Å²) in [6.45, 7) is 0. The molecule has 0 saturated heterocycles. The molecule has 4 nitrogen and oxygen atoms in total. The third-order valence-corrected chi connectivity index (χ3v) is 5.00. The quantitative estimate of drug-likeness (QED) is 0.249. The maximum atomic E-state index is 11.9. The summed E-state index contributed by atoms with van der Waals surface area (Å²) in [4.78, 5) is 20.3. The van der Waals surface area contributed by atoms with E-state index < -0.39 is 10.7 Å². The van der Waals surface area contributed by atoms with Crippen LogP contribution in [0.5, 0.6) is 0 Å². The van der Waals surface area contributed by atoms with Crippen molar-refractivity contribution in [1.29, 1.82) is 0 Å². The average Bonchev–Trinajstić information content (AvgIpc) is 2.54. The number of hydrogen-bond acceptors (Lipinski definition) is 6. The van der Waals surface area contributed by atoms with Crippen LogP contribution in [-0.4, -0.2) is 29.3 Å². The molecule has 0 aliphatic carbocycles. The van der Waals surface area contributed by atoms with Crippen LogP contribution in [-0.2, 0) is 4.74 Å². The normalized spacial score (nSPS) is 12.0. The van der Waals surface area contributed by atoms with Crippen molar-refractivity contribution in [1.82, 2.24) is 9.97 Å². The first-order chi connectivity index (χ1) is 10.6. The van der Waals surface area contributed by atoms with E-state index in [9.17, 15) is 4.79 Å². The Morgan fingerprint density at radius 2 is 1.95 bits per heavy atom. The van der Waals surface area contributed by atoms with Crippen molar-refractivity contribution in [2.45, 2.75) is 14.9 Å². The van der Waals surface area contributed by atoms with Crippen molar-refractivity contribution in [3.8, 4) is 0 Å². The largest absolute Gasteiger partial charge is 0.465 e. The van der Waals surface area contributed by atoms with Crippen LogP contribution in [0.2, 0.25) is 5.15 Å². The fraction of sp³-hybridized carbons (Fsp3) is 0.214. The molecule has 1 aromatic heterocycles. The highest BCUT2D eigenvalue weighted by Crippen LogP contribution is 2.40. The van der Waals surface area contributed by atoms with Crippen LogP contribution in [0.3, 0.4) is 0 Å². The number of esters is 1. The molecule has 1 heterocycles. The molecular weight excluding hydrogens is 363 g/mol. The van der Waals surface area contributed by atoms with E-state index in [2.05, 4.69) is 9.97 Å². The zero-order valence-electron chi connectivity index (χ0n) is 11.7. The first kappa shape index (κ1) is 17.4. The molecule has 1 unspecified atom stereocenters. The number of ether oxygens (including phenoxy) is 1. The predicted octanol–water partition coefficient (Wildman–Crippen LogP) is 4.67. The van der Waals surface area contributed by atoms with Gasteiger partial charge in [0.1, 0.15) is 20.5 Å². The number of rotatable bonds is 5. The minimum Gasteiger partial charge on any atom is -0.465 e. The van der Waals surface area contributed by atoms with Gasteiger partial charge < -0.3 is 4.74 Å². The Morgan fingerprint density at radius 3 is 2.55 bits per heavy atom. The third-order valence-electron chi connectivity index (χ3n) is 2.66. The molecule has 0 saturated carbocycles. The number of halogens is 2. The van der Waals surface area contributed by atoms with E-state index in [-0.39, 0.29) is 10.7 Å². The summed E-state index contributed by atoms with van der Waals surface area (Å²) in [5.74, 6) is -0.586. The van der Waals surface area contributed by atoms with Gasteiger partial charge in [0.15, 0.2) is 5.16 Å². The number of carbonyl (C=O) groups excluding carboxylic acids is 1. The van der Waals surface area contributed by atoms with Crippen molar-refractivity contribution in [2.24, 2.45) is 0 Å². The summed E-state index contributed by atoms with van der Waals surface area (Å²) < 4.78 is 4.34. The second kappa shape index (κ2) is 8.06. The van der Waals surface area contributed by atoms with Gasteiger partial charge in [-0.2, -0.15) is 0 Å². The summed E-state index contributed by atoms with van der Waals surface area (Å²) >= 11 is 15.1. The Morgan fingerprint density at radius 1 is 1.27 bits per heavy atom. The van der Waals surface area contributed by atoms with Gasteiger partial charge in [-0.15, -0.1) is 11.6 Å². The monoisotopic (exact) mass is 374 g/mol. The Kier molecular flexibility index (Phi) is 6.37. The van der Waals surface area contributed by atoms with E-state index in [1.54, 1.807) is 0 Å². The molecule has 1 atom stereocenters. The zero-order chi connectivity index (χ0) is 16.1.